The Kier molecular flexibility index (Phi) is 5.17. The molecule has 1 heterocycles. The SMILES string of the molecule is O=C(Nc1ccc2[nH]c(=O)[nH]c2c1)c1ccccc1Nc1ccc(OC(F)F)cc1. The average molecular weight is 410 g/mol. The number of fused-ring (bicyclic) bond motifs is 1. The molecule has 4 rings (SSSR count). The van der Waals surface area contributed by atoms with E-state index in [4.69, 9.17) is 0 Å². The quantitative estimate of drug-likeness (QED) is 0.377. The van der Waals surface area contributed by atoms with Crippen LogP contribution in [0.25, 0.3) is 11.0 Å². The van der Waals surface area contributed by atoms with Gasteiger partial charge in [0.1, 0.15) is 5.75 Å². The van der Waals surface area contributed by atoms with Crippen LogP contribution in [0.2, 0.25) is 0 Å². The number of carbonyl (C=O) groups is 1. The number of rotatable bonds is 6. The molecule has 0 saturated heterocycles. The number of halogens is 2. The molecular formula is C21H16F2N4O3. The lowest BCUT2D eigenvalue weighted by molar-refractivity contribution is -0.0498. The molecule has 4 aromatic rings. The number of carbonyl (C=O) groups excluding carboxylic acids is 1. The number of hydrogen-bond donors (Lipinski definition) is 4. The molecule has 4 N–H and O–H groups in total. The van der Waals surface area contributed by atoms with Crippen molar-refractivity contribution in [3.63, 3.8) is 0 Å². The maximum Gasteiger partial charge on any atom is 0.387 e. The molecule has 0 saturated carbocycles. The Bertz CT molecular complexity index is 1250. The predicted molar refractivity (Wildman–Crippen MR) is 110 cm³/mol. The number of H-pyrrole nitrogens is 2. The van der Waals surface area contributed by atoms with Crippen molar-refractivity contribution in [3.8, 4) is 5.75 Å². The minimum absolute atomic E-state index is 0.0415. The average Bonchev–Trinajstić information content (AvgIpc) is 3.09. The Morgan fingerprint density at radius 3 is 2.37 bits per heavy atom. The van der Waals surface area contributed by atoms with Crippen molar-refractivity contribution in [2.24, 2.45) is 0 Å². The van der Waals surface area contributed by atoms with Crippen LogP contribution in [0.3, 0.4) is 0 Å². The summed E-state index contributed by atoms with van der Waals surface area (Å²) >= 11 is 0. The zero-order chi connectivity index (χ0) is 21.1. The van der Waals surface area contributed by atoms with Gasteiger partial charge >= 0.3 is 12.3 Å². The monoisotopic (exact) mass is 410 g/mol. The summed E-state index contributed by atoms with van der Waals surface area (Å²) in [5.74, 6) is -0.312. The van der Waals surface area contributed by atoms with E-state index < -0.39 is 6.61 Å². The molecule has 1 amide bonds. The number of hydrogen-bond acceptors (Lipinski definition) is 4. The molecule has 3 aromatic carbocycles. The third-order valence-electron chi connectivity index (χ3n) is 4.30. The van der Waals surface area contributed by atoms with E-state index in [0.29, 0.717) is 33.7 Å². The molecule has 0 fully saturated rings. The van der Waals surface area contributed by atoms with Gasteiger partial charge in [0.25, 0.3) is 5.91 Å². The van der Waals surface area contributed by atoms with Crippen LogP contribution in [0.15, 0.2) is 71.5 Å². The summed E-state index contributed by atoms with van der Waals surface area (Å²) in [7, 11) is 0. The number of ether oxygens (including phenoxy) is 1. The van der Waals surface area contributed by atoms with Crippen molar-refractivity contribution in [2.75, 3.05) is 10.6 Å². The van der Waals surface area contributed by atoms with Crippen molar-refractivity contribution in [1.82, 2.24) is 9.97 Å². The second-order valence-electron chi connectivity index (χ2n) is 6.37. The summed E-state index contributed by atoms with van der Waals surface area (Å²) in [6.07, 6.45) is 0. The Morgan fingerprint density at radius 1 is 0.900 bits per heavy atom. The third-order valence-corrected chi connectivity index (χ3v) is 4.30. The van der Waals surface area contributed by atoms with E-state index in [1.165, 1.54) is 12.1 Å². The number of amides is 1. The van der Waals surface area contributed by atoms with E-state index in [2.05, 4.69) is 25.3 Å². The molecule has 7 nitrogen and oxygen atoms in total. The molecule has 0 aliphatic carbocycles. The highest BCUT2D eigenvalue weighted by Crippen LogP contribution is 2.25. The third kappa shape index (κ3) is 4.30. The van der Waals surface area contributed by atoms with Crippen LogP contribution in [0, 0.1) is 0 Å². The van der Waals surface area contributed by atoms with E-state index in [1.54, 1.807) is 54.6 Å². The molecule has 1 aromatic heterocycles. The fourth-order valence-electron chi connectivity index (χ4n) is 2.97. The highest BCUT2D eigenvalue weighted by atomic mass is 19.3. The van der Waals surface area contributed by atoms with Gasteiger partial charge in [-0.25, -0.2) is 4.79 Å². The zero-order valence-corrected chi connectivity index (χ0v) is 15.4. The Hall–Kier alpha value is -4.14. The molecule has 152 valence electrons. The van der Waals surface area contributed by atoms with Gasteiger partial charge in [0.15, 0.2) is 0 Å². The van der Waals surface area contributed by atoms with Crippen molar-refractivity contribution in [1.29, 1.82) is 0 Å². The van der Waals surface area contributed by atoms with Gasteiger partial charge in [-0.3, -0.25) is 4.79 Å². The van der Waals surface area contributed by atoms with E-state index in [-0.39, 0.29) is 17.3 Å². The van der Waals surface area contributed by atoms with Crippen molar-refractivity contribution >= 4 is 34.0 Å². The number of aromatic nitrogens is 2. The number of alkyl halides is 2. The Balaban J connectivity index is 1.53. The van der Waals surface area contributed by atoms with Gasteiger partial charge < -0.3 is 25.3 Å². The summed E-state index contributed by atoms with van der Waals surface area (Å²) in [5, 5.41) is 5.89. The Morgan fingerprint density at radius 2 is 1.60 bits per heavy atom. The summed E-state index contributed by atoms with van der Waals surface area (Å²) < 4.78 is 28.9. The van der Waals surface area contributed by atoms with E-state index in [0.717, 1.165) is 0 Å². The van der Waals surface area contributed by atoms with Gasteiger partial charge in [-0.15, -0.1) is 0 Å². The molecule has 0 unspecified atom stereocenters. The molecular weight excluding hydrogens is 394 g/mol. The van der Waals surface area contributed by atoms with E-state index >= 15 is 0 Å². The summed E-state index contributed by atoms with van der Waals surface area (Å²) in [6.45, 7) is -2.89. The second-order valence-corrected chi connectivity index (χ2v) is 6.37. The fourth-order valence-corrected chi connectivity index (χ4v) is 2.97. The number of nitrogens with one attached hydrogen (secondary N) is 4. The molecule has 0 aliphatic rings. The Labute approximate surface area is 168 Å². The number of imidazole rings is 1. The lowest BCUT2D eigenvalue weighted by Crippen LogP contribution is -2.13. The van der Waals surface area contributed by atoms with Crippen LogP contribution in [0.1, 0.15) is 10.4 Å². The van der Waals surface area contributed by atoms with Gasteiger partial charge in [-0.1, -0.05) is 12.1 Å². The van der Waals surface area contributed by atoms with E-state index in [1.807, 2.05) is 0 Å². The summed E-state index contributed by atoms with van der Waals surface area (Å²) in [4.78, 5) is 29.5. The highest BCUT2D eigenvalue weighted by molar-refractivity contribution is 6.08. The van der Waals surface area contributed by atoms with Gasteiger partial charge in [-0.2, -0.15) is 8.78 Å². The molecule has 0 atom stereocenters. The van der Waals surface area contributed by atoms with Crippen LogP contribution in [-0.2, 0) is 0 Å². The highest BCUT2D eigenvalue weighted by Gasteiger charge is 2.12. The van der Waals surface area contributed by atoms with Gasteiger partial charge in [0.2, 0.25) is 0 Å². The van der Waals surface area contributed by atoms with E-state index in [9.17, 15) is 18.4 Å². The van der Waals surface area contributed by atoms with Crippen LogP contribution in [0.5, 0.6) is 5.75 Å². The first kappa shape index (κ1) is 19.2. The maximum atomic E-state index is 12.8. The topological polar surface area (TPSA) is 99.0 Å². The fraction of sp³-hybridized carbons (Fsp3) is 0.0476. The van der Waals surface area contributed by atoms with Crippen LogP contribution >= 0.6 is 0 Å². The number of benzene rings is 3. The van der Waals surface area contributed by atoms with Crippen molar-refractivity contribution < 1.29 is 18.3 Å². The first-order chi connectivity index (χ1) is 14.5. The molecule has 9 heteroatoms. The molecule has 0 bridgehead atoms. The van der Waals surface area contributed by atoms with Gasteiger partial charge in [0.05, 0.1) is 22.3 Å². The standard InChI is InChI=1S/C21H16F2N4O3/c22-20(23)30-14-8-5-12(6-9-14)24-16-4-2-1-3-15(16)19(28)25-13-7-10-17-18(11-13)27-21(29)26-17/h1-11,20,24H,(H,25,28)(H2,26,27,29). The predicted octanol–water partition coefficient (Wildman–Crippen LogP) is 4.45. The van der Waals surface area contributed by atoms with Crippen LogP contribution < -0.4 is 21.1 Å². The first-order valence-electron chi connectivity index (χ1n) is 8.92. The second kappa shape index (κ2) is 8.08. The normalized spacial score (nSPS) is 10.9. The van der Waals surface area contributed by atoms with Crippen molar-refractivity contribution in [2.45, 2.75) is 6.61 Å². The molecule has 0 spiro atoms. The lowest BCUT2D eigenvalue weighted by atomic mass is 10.1. The maximum absolute atomic E-state index is 12.8. The van der Waals surface area contributed by atoms with Gasteiger partial charge in [0, 0.05) is 11.4 Å². The van der Waals surface area contributed by atoms with Gasteiger partial charge in [-0.05, 0) is 54.6 Å². The van der Waals surface area contributed by atoms with Crippen molar-refractivity contribution in [3.05, 3.63) is 82.8 Å². The minimum Gasteiger partial charge on any atom is -0.435 e. The first-order valence-corrected chi connectivity index (χ1v) is 8.92. The smallest absolute Gasteiger partial charge is 0.387 e. The zero-order valence-electron chi connectivity index (χ0n) is 15.4. The minimum atomic E-state index is -2.89. The largest absolute Gasteiger partial charge is 0.435 e. The number of para-hydroxylation sites is 1. The van der Waals surface area contributed by atoms with Crippen LogP contribution in [-0.4, -0.2) is 22.5 Å². The lowest BCUT2D eigenvalue weighted by Gasteiger charge is -2.13. The van der Waals surface area contributed by atoms with Crippen LogP contribution in [0.4, 0.5) is 25.8 Å². The molecule has 0 aliphatic heterocycles. The summed E-state index contributed by atoms with van der Waals surface area (Å²) in [6, 6.07) is 17.9. The number of anilines is 3. The molecule has 0 radical (unpaired) electrons. The summed E-state index contributed by atoms with van der Waals surface area (Å²) in [5.41, 5.74) is 2.93. The molecule has 30 heavy (non-hydrogen) atoms. The number of aromatic amines is 2.